The van der Waals surface area contributed by atoms with Crippen molar-refractivity contribution in [2.75, 3.05) is 18.5 Å². The Morgan fingerprint density at radius 2 is 1.93 bits per heavy atom. The highest BCUT2D eigenvalue weighted by Gasteiger charge is 2.27. The molecule has 0 atom stereocenters. The summed E-state index contributed by atoms with van der Waals surface area (Å²) >= 11 is 0. The lowest BCUT2D eigenvalue weighted by Crippen LogP contribution is -2.34. The van der Waals surface area contributed by atoms with Crippen molar-refractivity contribution in [2.45, 2.75) is 24.8 Å². The summed E-state index contributed by atoms with van der Waals surface area (Å²) in [7, 11) is -2.32. The van der Waals surface area contributed by atoms with Crippen LogP contribution in [0.1, 0.15) is 22.8 Å². The summed E-state index contributed by atoms with van der Waals surface area (Å²) in [5, 5.41) is 0.317. The van der Waals surface area contributed by atoms with Crippen LogP contribution < -0.4 is 20.9 Å². The number of sulfonamides is 1. The number of nitrogens with one attached hydrogen (secondary N) is 2. The maximum absolute atomic E-state index is 13.2. The van der Waals surface area contributed by atoms with Gasteiger partial charge in [-0.1, -0.05) is 6.07 Å². The first-order valence-corrected chi connectivity index (χ1v) is 10.9. The van der Waals surface area contributed by atoms with Gasteiger partial charge in [0.25, 0.3) is 11.5 Å². The van der Waals surface area contributed by atoms with E-state index in [9.17, 15) is 22.8 Å². The topological polar surface area (TPSA) is 121 Å². The van der Waals surface area contributed by atoms with Crippen molar-refractivity contribution in [3.63, 3.8) is 0 Å². The molecule has 0 saturated heterocycles. The first kappa shape index (κ1) is 20.0. The Balaban J connectivity index is 1.77. The summed E-state index contributed by atoms with van der Waals surface area (Å²) in [5.41, 5.74) is 1.04. The second kappa shape index (κ2) is 7.22. The zero-order valence-electron chi connectivity index (χ0n) is 16.4. The number of anilines is 1. The van der Waals surface area contributed by atoms with E-state index in [1.165, 1.54) is 42.3 Å². The fourth-order valence-electron chi connectivity index (χ4n) is 3.69. The predicted molar refractivity (Wildman–Crippen MR) is 113 cm³/mol. The molecule has 0 aliphatic carbocycles. The quantitative estimate of drug-likeness (QED) is 0.637. The van der Waals surface area contributed by atoms with Crippen molar-refractivity contribution in [1.82, 2.24) is 14.3 Å². The molecule has 1 aromatic heterocycles. The number of hydrogen-bond acceptors (Lipinski definition) is 5. The number of hydrogen-bond donors (Lipinski definition) is 2. The van der Waals surface area contributed by atoms with Crippen LogP contribution in [-0.2, 0) is 23.0 Å². The van der Waals surface area contributed by atoms with Crippen LogP contribution in [0.25, 0.3) is 10.9 Å². The van der Waals surface area contributed by atoms with E-state index in [1.807, 2.05) is 0 Å². The Morgan fingerprint density at radius 3 is 2.63 bits per heavy atom. The van der Waals surface area contributed by atoms with Gasteiger partial charge in [0.1, 0.15) is 0 Å². The largest absolute Gasteiger partial charge is 0.328 e. The van der Waals surface area contributed by atoms with E-state index >= 15 is 0 Å². The molecule has 1 aliphatic rings. The third-order valence-electron chi connectivity index (χ3n) is 5.32. The van der Waals surface area contributed by atoms with E-state index in [0.717, 1.165) is 10.1 Å². The van der Waals surface area contributed by atoms with Crippen molar-refractivity contribution in [3.05, 3.63) is 68.4 Å². The van der Waals surface area contributed by atoms with Gasteiger partial charge in [-0.25, -0.2) is 17.9 Å². The number of nitrogens with zero attached hydrogens (tertiary/aromatic N) is 2. The van der Waals surface area contributed by atoms with E-state index in [0.29, 0.717) is 29.6 Å². The van der Waals surface area contributed by atoms with Gasteiger partial charge >= 0.3 is 5.69 Å². The molecule has 3 aromatic rings. The first-order valence-electron chi connectivity index (χ1n) is 9.42. The molecule has 0 saturated carbocycles. The number of carbonyl (C=O) groups is 1. The van der Waals surface area contributed by atoms with Gasteiger partial charge < -0.3 is 9.88 Å². The second-order valence-electron chi connectivity index (χ2n) is 6.94. The number of aromatic nitrogens is 2. The van der Waals surface area contributed by atoms with E-state index in [2.05, 4.69) is 9.71 Å². The zero-order chi connectivity index (χ0) is 21.6. The van der Waals surface area contributed by atoms with Crippen LogP contribution in [-0.4, -0.2) is 37.5 Å². The fraction of sp³-hybridized carbons (Fsp3) is 0.250. The van der Waals surface area contributed by atoms with Gasteiger partial charge in [0, 0.05) is 24.3 Å². The van der Waals surface area contributed by atoms with Crippen LogP contribution in [0.15, 0.2) is 50.9 Å². The molecule has 10 heteroatoms. The predicted octanol–water partition coefficient (Wildman–Crippen LogP) is 0.821. The molecule has 1 amide bonds. The van der Waals surface area contributed by atoms with Gasteiger partial charge in [-0.15, -0.1) is 0 Å². The molecule has 2 N–H and O–H groups in total. The number of fused-ring (bicyclic) bond motifs is 2. The third-order valence-corrected chi connectivity index (χ3v) is 6.73. The minimum atomic E-state index is -3.64. The summed E-state index contributed by atoms with van der Waals surface area (Å²) in [6.07, 6.45) is 0.604. The van der Waals surface area contributed by atoms with Crippen molar-refractivity contribution in [3.8, 4) is 0 Å². The molecule has 0 radical (unpaired) electrons. The molecule has 0 unspecified atom stereocenters. The fourth-order valence-corrected chi connectivity index (χ4v) is 4.44. The molecule has 1 aliphatic heterocycles. The van der Waals surface area contributed by atoms with Crippen molar-refractivity contribution < 1.29 is 13.2 Å². The molecule has 9 nitrogen and oxygen atoms in total. The van der Waals surface area contributed by atoms with Crippen LogP contribution in [0.4, 0.5) is 5.69 Å². The van der Waals surface area contributed by atoms with Gasteiger partial charge in [0.05, 0.1) is 15.8 Å². The number of benzene rings is 2. The summed E-state index contributed by atoms with van der Waals surface area (Å²) < 4.78 is 27.6. The Kier molecular flexibility index (Phi) is 4.83. The molecule has 0 spiro atoms. The SMILES string of the molecule is CCn1c(=O)[nH]c2cc(C(=O)N3CCc4ccc(S(=O)(=O)NC)cc43)ccc2c1=O. The molecular weight excluding hydrogens is 408 g/mol. The lowest BCUT2D eigenvalue weighted by molar-refractivity contribution is 0.0989. The number of aromatic amines is 1. The molecule has 4 rings (SSSR count). The van der Waals surface area contributed by atoms with Gasteiger partial charge in [-0.05, 0) is 56.3 Å². The average Bonchev–Trinajstić information content (AvgIpc) is 3.16. The third kappa shape index (κ3) is 3.14. The zero-order valence-corrected chi connectivity index (χ0v) is 17.2. The molecule has 0 bridgehead atoms. The van der Waals surface area contributed by atoms with Crippen LogP contribution in [0.2, 0.25) is 0 Å². The first-order chi connectivity index (χ1) is 14.3. The highest BCUT2D eigenvalue weighted by molar-refractivity contribution is 7.89. The minimum Gasteiger partial charge on any atom is -0.308 e. The summed E-state index contributed by atoms with van der Waals surface area (Å²) in [4.78, 5) is 41.9. The van der Waals surface area contributed by atoms with Crippen molar-refractivity contribution >= 4 is 32.5 Å². The number of rotatable bonds is 4. The van der Waals surface area contributed by atoms with Crippen LogP contribution >= 0.6 is 0 Å². The van der Waals surface area contributed by atoms with Gasteiger partial charge in [-0.3, -0.25) is 14.2 Å². The number of H-pyrrole nitrogens is 1. The Morgan fingerprint density at radius 1 is 1.17 bits per heavy atom. The van der Waals surface area contributed by atoms with E-state index in [1.54, 1.807) is 13.0 Å². The summed E-state index contributed by atoms with van der Waals surface area (Å²) in [6.45, 7) is 2.35. The normalized spacial score (nSPS) is 13.6. The molecule has 2 heterocycles. The maximum atomic E-state index is 13.2. The Bertz CT molecular complexity index is 1400. The lowest BCUT2D eigenvalue weighted by atomic mass is 10.1. The van der Waals surface area contributed by atoms with Gasteiger partial charge in [-0.2, -0.15) is 0 Å². The van der Waals surface area contributed by atoms with E-state index in [-0.39, 0.29) is 22.9 Å². The maximum Gasteiger partial charge on any atom is 0.328 e. The van der Waals surface area contributed by atoms with Crippen molar-refractivity contribution in [2.24, 2.45) is 0 Å². The second-order valence-corrected chi connectivity index (χ2v) is 8.83. The van der Waals surface area contributed by atoms with Crippen molar-refractivity contribution in [1.29, 1.82) is 0 Å². The standard InChI is InChI=1S/C20H20N4O5S/c1-3-23-19(26)15-7-5-13(10-16(15)22-20(23)27)18(25)24-9-8-12-4-6-14(11-17(12)24)30(28,29)21-2/h4-7,10-11,21H,3,8-9H2,1-2H3,(H,22,27). The lowest BCUT2D eigenvalue weighted by Gasteiger charge is -2.18. The average molecular weight is 428 g/mol. The van der Waals surface area contributed by atoms with E-state index < -0.39 is 21.3 Å². The van der Waals surface area contributed by atoms with Crippen LogP contribution in [0.3, 0.4) is 0 Å². The van der Waals surface area contributed by atoms with Crippen LogP contribution in [0, 0.1) is 0 Å². The molecular formula is C20H20N4O5S. The van der Waals surface area contributed by atoms with E-state index in [4.69, 9.17) is 0 Å². The molecule has 30 heavy (non-hydrogen) atoms. The van der Waals surface area contributed by atoms with Gasteiger partial charge in [0.2, 0.25) is 10.0 Å². The highest BCUT2D eigenvalue weighted by atomic mass is 32.2. The Hall–Kier alpha value is -3.24. The number of amides is 1. The molecule has 0 fully saturated rings. The smallest absolute Gasteiger partial charge is 0.308 e. The summed E-state index contributed by atoms with van der Waals surface area (Å²) in [5.74, 6) is -0.338. The minimum absolute atomic E-state index is 0.0754. The summed E-state index contributed by atoms with van der Waals surface area (Å²) in [6, 6.07) is 9.24. The van der Waals surface area contributed by atoms with Gasteiger partial charge in [0.15, 0.2) is 0 Å². The molecule has 2 aromatic carbocycles. The molecule has 156 valence electrons. The monoisotopic (exact) mass is 428 g/mol. The number of carbonyl (C=O) groups excluding carboxylic acids is 1. The Labute approximate surface area is 172 Å². The van der Waals surface area contributed by atoms with Crippen LogP contribution in [0.5, 0.6) is 0 Å². The highest BCUT2D eigenvalue weighted by Crippen LogP contribution is 2.31.